The van der Waals surface area contributed by atoms with Gasteiger partial charge in [-0.1, -0.05) is 20.8 Å². The zero-order chi connectivity index (χ0) is 26.7. The predicted octanol–water partition coefficient (Wildman–Crippen LogP) is 4.63. The van der Waals surface area contributed by atoms with E-state index in [1.165, 1.54) is 0 Å². The number of ketones is 1. The van der Waals surface area contributed by atoms with E-state index < -0.39 is 33.4 Å². The van der Waals surface area contributed by atoms with Crippen LogP contribution in [0.3, 0.4) is 0 Å². The number of aliphatic hydroxyl groups is 1. The van der Waals surface area contributed by atoms with Gasteiger partial charge in [0.15, 0.2) is 6.61 Å². The van der Waals surface area contributed by atoms with Gasteiger partial charge in [0.2, 0.25) is 0 Å². The highest BCUT2D eigenvalue weighted by atomic mass is 32.2. The van der Waals surface area contributed by atoms with Crippen LogP contribution in [0.1, 0.15) is 85.0 Å². The molecule has 0 radical (unpaired) electrons. The molecular formula is C26H40F2O7S. The van der Waals surface area contributed by atoms with E-state index in [-0.39, 0.29) is 29.8 Å². The molecule has 0 saturated heterocycles. The molecule has 9 atom stereocenters. The Balaban J connectivity index is 1.40. The molecule has 206 valence electrons. The Hall–Kier alpha value is -1.13. The lowest BCUT2D eigenvalue weighted by Crippen LogP contribution is -2.57. The summed E-state index contributed by atoms with van der Waals surface area (Å²) in [5, 5.41) is 5.68. The van der Waals surface area contributed by atoms with Crippen molar-refractivity contribution in [3.05, 3.63) is 0 Å². The van der Waals surface area contributed by atoms with Gasteiger partial charge in [0.25, 0.3) is 0 Å². The number of ether oxygens (including phenoxy) is 1. The Morgan fingerprint density at radius 3 is 2.53 bits per heavy atom. The minimum absolute atomic E-state index is 0.00751. The van der Waals surface area contributed by atoms with Crippen molar-refractivity contribution in [2.24, 2.45) is 46.3 Å². The van der Waals surface area contributed by atoms with Crippen LogP contribution in [0.4, 0.5) is 8.78 Å². The van der Waals surface area contributed by atoms with Crippen molar-refractivity contribution in [1.82, 2.24) is 0 Å². The first kappa shape index (κ1) is 27.9. The molecule has 0 aromatic heterocycles. The summed E-state index contributed by atoms with van der Waals surface area (Å²) in [7, 11) is -5.65. The normalized spacial score (nSPS) is 41.7. The van der Waals surface area contributed by atoms with Gasteiger partial charge < -0.3 is 9.84 Å². The quantitative estimate of drug-likeness (QED) is 0.361. The van der Waals surface area contributed by atoms with Crippen LogP contribution in [0.25, 0.3) is 0 Å². The number of hydrogen-bond acceptors (Lipinski definition) is 6. The van der Waals surface area contributed by atoms with E-state index >= 15 is 0 Å². The largest absolute Gasteiger partial charge is 0.458 e. The second-order valence-electron chi connectivity index (χ2n) is 12.5. The van der Waals surface area contributed by atoms with Crippen LogP contribution in [0.2, 0.25) is 0 Å². The summed E-state index contributed by atoms with van der Waals surface area (Å²) in [6.07, 6.45) is 7.15. The lowest BCUT2D eigenvalue weighted by Gasteiger charge is -2.60. The van der Waals surface area contributed by atoms with Crippen molar-refractivity contribution >= 4 is 21.9 Å². The summed E-state index contributed by atoms with van der Waals surface area (Å²) < 4.78 is 61.0. The average Bonchev–Trinajstić information content (AvgIpc) is 3.15. The monoisotopic (exact) mass is 534 g/mol. The summed E-state index contributed by atoms with van der Waals surface area (Å²) >= 11 is 0. The Morgan fingerprint density at radius 1 is 1.17 bits per heavy atom. The fourth-order valence-corrected chi connectivity index (χ4v) is 8.95. The summed E-state index contributed by atoms with van der Waals surface area (Å²) in [5.74, 6) is 1.01. The molecule has 10 heteroatoms. The van der Waals surface area contributed by atoms with Crippen LogP contribution in [0, 0.1) is 46.3 Å². The maximum atomic E-state index is 13.8. The molecule has 0 aromatic carbocycles. The number of halogens is 2. The second-order valence-corrected chi connectivity index (χ2v) is 14.0. The average molecular weight is 535 g/mol. The van der Waals surface area contributed by atoms with Crippen molar-refractivity contribution in [3.8, 4) is 0 Å². The molecule has 4 aliphatic rings. The summed E-state index contributed by atoms with van der Waals surface area (Å²) in [6.45, 7) is 4.69. The van der Waals surface area contributed by atoms with Crippen LogP contribution in [0.15, 0.2) is 0 Å². The minimum Gasteiger partial charge on any atom is -0.458 e. The first-order valence-electron chi connectivity index (χ1n) is 13.3. The van der Waals surface area contributed by atoms with Crippen LogP contribution in [0.5, 0.6) is 0 Å². The number of hydrogen-bond donors (Lipinski definition) is 2. The Kier molecular flexibility index (Phi) is 7.41. The van der Waals surface area contributed by atoms with E-state index in [0.29, 0.717) is 42.3 Å². The first-order valence-corrected chi connectivity index (χ1v) is 14.8. The first-order chi connectivity index (χ1) is 16.6. The highest BCUT2D eigenvalue weighted by Crippen LogP contribution is 2.67. The summed E-state index contributed by atoms with van der Waals surface area (Å²) in [5.41, 5.74) is -0.378. The van der Waals surface area contributed by atoms with Gasteiger partial charge in [-0.2, -0.15) is 17.2 Å². The number of carbonyl (C=O) groups excluding carboxylic acids is 2. The van der Waals surface area contributed by atoms with Crippen molar-refractivity contribution in [1.29, 1.82) is 0 Å². The van der Waals surface area contributed by atoms with Crippen molar-refractivity contribution < 1.29 is 41.2 Å². The number of carbonyl (C=O) groups is 2. The molecule has 7 nitrogen and oxygen atoms in total. The standard InChI is InChI=1S/C26H40F2O7S/c1-15(4-9-23(31)35-14-26(27,28)36(32,33)34)19-7-8-20-18-6-5-16-12-17(29)10-11-24(16,2)21(18)13-22(30)25(19,20)3/h15-21,29H,4-14H2,1-3H3,(H,32,33,34)/t15-,16?,17?,18+,19?,20+,21+,24+,25-/m1/s1. The van der Waals surface area contributed by atoms with Gasteiger partial charge in [0, 0.05) is 18.3 Å². The van der Waals surface area contributed by atoms with Gasteiger partial charge in [-0.3, -0.25) is 14.1 Å². The zero-order valence-electron chi connectivity index (χ0n) is 21.4. The minimum atomic E-state index is -5.65. The number of rotatable bonds is 7. The molecule has 4 fully saturated rings. The van der Waals surface area contributed by atoms with Crippen molar-refractivity contribution in [2.75, 3.05) is 6.61 Å². The summed E-state index contributed by atoms with van der Waals surface area (Å²) in [6, 6.07) is 0. The van der Waals surface area contributed by atoms with Crippen LogP contribution < -0.4 is 0 Å². The number of aliphatic hydroxyl groups excluding tert-OH is 1. The van der Waals surface area contributed by atoms with Crippen molar-refractivity contribution in [2.45, 2.75) is 96.3 Å². The second kappa shape index (κ2) is 9.56. The molecule has 3 unspecified atom stereocenters. The van der Waals surface area contributed by atoms with Crippen LogP contribution in [-0.4, -0.2) is 47.8 Å². The van der Waals surface area contributed by atoms with E-state index in [1.807, 2.05) is 6.92 Å². The number of Topliss-reactive ketones (excluding diaryl/α,β-unsaturated/α-hetero) is 1. The van der Waals surface area contributed by atoms with Gasteiger partial charge in [0.1, 0.15) is 5.78 Å². The van der Waals surface area contributed by atoms with Gasteiger partial charge in [0.05, 0.1) is 6.10 Å². The molecule has 0 aromatic rings. The molecule has 0 spiro atoms. The Bertz CT molecular complexity index is 985. The molecule has 4 saturated carbocycles. The molecule has 2 N–H and O–H groups in total. The topological polar surface area (TPSA) is 118 Å². The SMILES string of the molecule is C[C@H](CCC(=O)OCC(F)(F)S(=O)(=O)O)C1CC[C@H]2[C@@H]3CCC4CC(O)CC[C@]4(C)[C@H]3CC(=O)[C@]12C. The third kappa shape index (κ3) is 4.64. The molecule has 0 amide bonds. The highest BCUT2D eigenvalue weighted by Gasteiger charge is 2.63. The van der Waals surface area contributed by atoms with Crippen LogP contribution in [-0.2, 0) is 24.4 Å². The number of esters is 1. The van der Waals surface area contributed by atoms with E-state index in [4.69, 9.17) is 4.55 Å². The fourth-order valence-electron chi connectivity index (χ4n) is 8.74. The third-order valence-electron chi connectivity index (χ3n) is 10.8. The smallest absolute Gasteiger partial charge is 0.402 e. The van der Waals surface area contributed by atoms with E-state index in [0.717, 1.165) is 44.9 Å². The van der Waals surface area contributed by atoms with Gasteiger partial charge >= 0.3 is 21.3 Å². The number of alkyl halides is 2. The highest BCUT2D eigenvalue weighted by molar-refractivity contribution is 7.86. The van der Waals surface area contributed by atoms with E-state index in [2.05, 4.69) is 18.6 Å². The fraction of sp³-hybridized carbons (Fsp3) is 0.923. The maximum absolute atomic E-state index is 13.8. The summed E-state index contributed by atoms with van der Waals surface area (Å²) in [4.78, 5) is 25.8. The van der Waals surface area contributed by atoms with Crippen molar-refractivity contribution in [3.63, 3.8) is 0 Å². The van der Waals surface area contributed by atoms with Gasteiger partial charge in [-0.15, -0.1) is 0 Å². The Morgan fingerprint density at radius 2 is 1.86 bits per heavy atom. The van der Waals surface area contributed by atoms with Gasteiger partial charge in [-0.05, 0) is 92.3 Å². The zero-order valence-corrected chi connectivity index (χ0v) is 22.2. The molecule has 0 heterocycles. The molecule has 4 aliphatic carbocycles. The number of fused-ring (bicyclic) bond motifs is 5. The molecule has 4 rings (SSSR count). The van der Waals surface area contributed by atoms with Crippen LogP contribution >= 0.6 is 0 Å². The Labute approximate surface area is 212 Å². The van der Waals surface area contributed by atoms with E-state index in [1.54, 1.807) is 0 Å². The molecular weight excluding hydrogens is 494 g/mol. The predicted molar refractivity (Wildman–Crippen MR) is 127 cm³/mol. The third-order valence-corrected chi connectivity index (χ3v) is 11.7. The molecule has 0 bridgehead atoms. The van der Waals surface area contributed by atoms with Gasteiger partial charge in [-0.25, -0.2) is 0 Å². The molecule has 36 heavy (non-hydrogen) atoms. The lowest BCUT2D eigenvalue weighted by molar-refractivity contribution is -0.160. The maximum Gasteiger partial charge on any atom is 0.402 e. The lowest BCUT2D eigenvalue weighted by atomic mass is 9.44. The molecule has 0 aliphatic heterocycles. The van der Waals surface area contributed by atoms with E-state index in [9.17, 15) is 31.9 Å².